The van der Waals surface area contributed by atoms with Gasteiger partial charge in [-0.25, -0.2) is 0 Å². The van der Waals surface area contributed by atoms with Crippen LogP contribution in [0.3, 0.4) is 0 Å². The van der Waals surface area contributed by atoms with Gasteiger partial charge in [0.2, 0.25) is 0 Å². The fourth-order valence-electron chi connectivity index (χ4n) is 4.61. The molecule has 0 spiro atoms. The van der Waals surface area contributed by atoms with Crippen LogP contribution in [0.1, 0.15) is 35.1 Å². The number of para-hydroxylation sites is 1. The van der Waals surface area contributed by atoms with Crippen molar-refractivity contribution in [1.82, 2.24) is 0 Å². The molecule has 3 atom stereocenters. The van der Waals surface area contributed by atoms with Crippen molar-refractivity contribution in [3.63, 3.8) is 0 Å². The normalized spacial score (nSPS) is 21.5. The minimum atomic E-state index is 0.158. The average molecular weight is 522 g/mol. The van der Waals surface area contributed by atoms with Crippen molar-refractivity contribution < 1.29 is 9.84 Å². The summed E-state index contributed by atoms with van der Waals surface area (Å²) in [5, 5.41) is 13.8. The standard InChI is InChI=1S/C26H23IN2O2/c1-31-24-14-16(13-22(27)26(24)30)15-28-18-11-9-17(10-12-18)25-21-7-4-6-19(21)20-5-2-3-8-23(20)29-25/h2-6,8-15,19,21,25,29-30H,7H2,1H3/t19-,21-,25-/m0/s1. The molecule has 5 rings (SSSR count). The van der Waals surface area contributed by atoms with Crippen LogP contribution in [0.5, 0.6) is 11.5 Å². The van der Waals surface area contributed by atoms with Gasteiger partial charge in [0.05, 0.1) is 22.4 Å². The Labute approximate surface area is 195 Å². The number of halogens is 1. The van der Waals surface area contributed by atoms with Crippen LogP contribution in [0.25, 0.3) is 0 Å². The third-order valence-electron chi connectivity index (χ3n) is 6.16. The van der Waals surface area contributed by atoms with Crippen LogP contribution < -0.4 is 10.1 Å². The highest BCUT2D eigenvalue weighted by molar-refractivity contribution is 14.1. The Balaban J connectivity index is 1.37. The average Bonchev–Trinajstić information content (AvgIpc) is 3.30. The van der Waals surface area contributed by atoms with E-state index in [4.69, 9.17) is 4.74 Å². The SMILES string of the molecule is COc1cc(C=Nc2ccc([C@@H]3Nc4ccccc4[C@@H]4C=CC[C@@H]43)cc2)cc(I)c1O. The first kappa shape index (κ1) is 20.1. The number of hydrogen-bond donors (Lipinski definition) is 2. The highest BCUT2D eigenvalue weighted by Gasteiger charge is 2.37. The van der Waals surface area contributed by atoms with Gasteiger partial charge in [-0.05, 0) is 82.0 Å². The monoisotopic (exact) mass is 522 g/mol. The lowest BCUT2D eigenvalue weighted by Gasteiger charge is -2.37. The second kappa shape index (κ2) is 8.38. The Bertz CT molecular complexity index is 1170. The van der Waals surface area contributed by atoms with Crippen molar-refractivity contribution in [3.8, 4) is 11.5 Å². The summed E-state index contributed by atoms with van der Waals surface area (Å²) in [7, 11) is 1.55. The van der Waals surface area contributed by atoms with Gasteiger partial charge in [-0.1, -0.05) is 42.5 Å². The van der Waals surface area contributed by atoms with Gasteiger partial charge < -0.3 is 15.2 Å². The van der Waals surface area contributed by atoms with Gasteiger partial charge in [0.25, 0.3) is 0 Å². The molecule has 0 aromatic heterocycles. The van der Waals surface area contributed by atoms with Gasteiger partial charge >= 0.3 is 0 Å². The summed E-state index contributed by atoms with van der Waals surface area (Å²) in [6.45, 7) is 0. The lowest BCUT2D eigenvalue weighted by atomic mass is 9.77. The number of allylic oxidation sites excluding steroid dienone is 2. The maximum absolute atomic E-state index is 10.0. The van der Waals surface area contributed by atoms with E-state index in [2.05, 4.69) is 93.6 Å². The van der Waals surface area contributed by atoms with Crippen LogP contribution >= 0.6 is 22.6 Å². The predicted molar refractivity (Wildman–Crippen MR) is 134 cm³/mol. The van der Waals surface area contributed by atoms with E-state index in [0.717, 1.165) is 21.2 Å². The first-order chi connectivity index (χ1) is 15.1. The van der Waals surface area contributed by atoms with Crippen LogP contribution in [0.15, 0.2) is 77.8 Å². The van der Waals surface area contributed by atoms with Crippen LogP contribution in [0, 0.1) is 9.49 Å². The van der Waals surface area contributed by atoms with Crippen molar-refractivity contribution in [2.24, 2.45) is 10.9 Å². The van der Waals surface area contributed by atoms with E-state index < -0.39 is 0 Å². The van der Waals surface area contributed by atoms with E-state index >= 15 is 0 Å². The topological polar surface area (TPSA) is 53.8 Å². The molecule has 31 heavy (non-hydrogen) atoms. The second-order valence-electron chi connectivity index (χ2n) is 7.97. The molecule has 3 aromatic rings. The summed E-state index contributed by atoms with van der Waals surface area (Å²) >= 11 is 2.09. The molecule has 4 nitrogen and oxygen atoms in total. The maximum atomic E-state index is 10.0. The molecule has 0 saturated carbocycles. The summed E-state index contributed by atoms with van der Waals surface area (Å²) in [6, 6.07) is 21.1. The Morgan fingerprint density at radius 2 is 1.94 bits per heavy atom. The zero-order valence-corrected chi connectivity index (χ0v) is 19.3. The van der Waals surface area contributed by atoms with Crippen LogP contribution in [0.4, 0.5) is 11.4 Å². The lowest BCUT2D eigenvalue weighted by Crippen LogP contribution is -2.28. The number of nitrogens with one attached hydrogen (secondary N) is 1. The van der Waals surface area contributed by atoms with Crippen LogP contribution in [-0.2, 0) is 0 Å². The lowest BCUT2D eigenvalue weighted by molar-refractivity contribution is 0.371. The molecule has 1 heterocycles. The Hall–Kier alpha value is -2.80. The molecule has 5 heteroatoms. The molecule has 0 saturated heterocycles. The minimum Gasteiger partial charge on any atom is -0.504 e. The van der Waals surface area contributed by atoms with E-state index in [0.29, 0.717) is 17.6 Å². The van der Waals surface area contributed by atoms with E-state index in [1.165, 1.54) is 16.8 Å². The number of ether oxygens (including phenoxy) is 1. The zero-order valence-electron chi connectivity index (χ0n) is 17.1. The van der Waals surface area contributed by atoms with Crippen molar-refractivity contribution in [1.29, 1.82) is 0 Å². The molecule has 0 fully saturated rings. The third-order valence-corrected chi connectivity index (χ3v) is 6.98. The predicted octanol–water partition coefficient (Wildman–Crippen LogP) is 6.58. The third kappa shape index (κ3) is 3.83. The Morgan fingerprint density at radius 1 is 1.13 bits per heavy atom. The van der Waals surface area contributed by atoms with Gasteiger partial charge in [-0.15, -0.1) is 0 Å². The first-order valence-corrected chi connectivity index (χ1v) is 11.4. The van der Waals surface area contributed by atoms with Gasteiger partial charge in [0.15, 0.2) is 11.5 Å². The molecule has 1 aliphatic heterocycles. The zero-order chi connectivity index (χ0) is 21.4. The van der Waals surface area contributed by atoms with Crippen molar-refractivity contribution >= 4 is 40.2 Å². The minimum absolute atomic E-state index is 0.158. The molecule has 0 bridgehead atoms. The highest BCUT2D eigenvalue weighted by atomic mass is 127. The second-order valence-corrected chi connectivity index (χ2v) is 9.13. The molecule has 2 N–H and O–H groups in total. The number of aliphatic imine (C=N–C) groups is 1. The number of rotatable bonds is 4. The molecule has 0 radical (unpaired) electrons. The number of aromatic hydroxyl groups is 1. The smallest absolute Gasteiger partial charge is 0.171 e. The Morgan fingerprint density at radius 3 is 2.74 bits per heavy atom. The van der Waals surface area contributed by atoms with Gasteiger partial charge in [-0.3, -0.25) is 4.99 Å². The summed E-state index contributed by atoms with van der Waals surface area (Å²) in [5.41, 5.74) is 5.70. The van der Waals surface area contributed by atoms with Crippen molar-refractivity contribution in [2.45, 2.75) is 18.4 Å². The number of nitrogens with zero attached hydrogens (tertiary/aromatic N) is 1. The number of hydrogen-bond acceptors (Lipinski definition) is 4. The van der Waals surface area contributed by atoms with E-state index in [9.17, 15) is 5.11 Å². The number of benzene rings is 3. The van der Waals surface area contributed by atoms with E-state index in [1.807, 2.05) is 6.07 Å². The van der Waals surface area contributed by atoms with Gasteiger partial charge in [0, 0.05) is 17.8 Å². The summed E-state index contributed by atoms with van der Waals surface area (Å²) in [6.07, 6.45) is 7.57. The Kier molecular flexibility index (Phi) is 5.44. The van der Waals surface area contributed by atoms with Gasteiger partial charge in [0.1, 0.15) is 0 Å². The molecule has 1 aliphatic carbocycles. The molecule has 156 valence electrons. The largest absolute Gasteiger partial charge is 0.504 e. The molecule has 2 aliphatic rings. The fourth-order valence-corrected chi connectivity index (χ4v) is 5.24. The van der Waals surface area contributed by atoms with Crippen LogP contribution in [-0.4, -0.2) is 18.4 Å². The maximum Gasteiger partial charge on any atom is 0.171 e. The number of methoxy groups -OCH3 is 1. The van der Waals surface area contributed by atoms with Gasteiger partial charge in [-0.2, -0.15) is 0 Å². The fraction of sp³-hybridized carbons (Fsp3) is 0.192. The van der Waals surface area contributed by atoms with Crippen molar-refractivity contribution in [2.75, 3.05) is 12.4 Å². The molecule has 0 amide bonds. The van der Waals surface area contributed by atoms with Crippen molar-refractivity contribution in [3.05, 3.63) is 93.1 Å². The summed E-state index contributed by atoms with van der Waals surface area (Å²) in [5.74, 6) is 1.63. The summed E-state index contributed by atoms with van der Waals surface area (Å²) < 4.78 is 5.97. The molecule has 3 aromatic carbocycles. The molecule has 0 unspecified atom stereocenters. The number of fused-ring (bicyclic) bond motifs is 3. The molecular weight excluding hydrogens is 499 g/mol. The van der Waals surface area contributed by atoms with E-state index in [1.54, 1.807) is 19.4 Å². The molecular formula is C26H23IN2O2. The first-order valence-electron chi connectivity index (χ1n) is 10.4. The van der Waals surface area contributed by atoms with E-state index in [-0.39, 0.29) is 11.8 Å². The number of phenolic OH excluding ortho intramolecular Hbond substituents is 1. The van der Waals surface area contributed by atoms with Crippen LogP contribution in [0.2, 0.25) is 0 Å². The quantitative estimate of drug-likeness (QED) is 0.231. The summed E-state index contributed by atoms with van der Waals surface area (Å²) in [4.78, 5) is 4.61. The number of phenols is 1. The highest BCUT2D eigenvalue weighted by Crippen LogP contribution is 2.49. The number of anilines is 1.